The normalized spacial score (nSPS) is 11.0. The van der Waals surface area contributed by atoms with Crippen molar-refractivity contribution in [1.82, 2.24) is 19.7 Å². The van der Waals surface area contributed by atoms with Crippen molar-refractivity contribution < 1.29 is 4.79 Å². The number of anilines is 1. The maximum absolute atomic E-state index is 13.0. The molecule has 0 radical (unpaired) electrons. The number of nitrogens with one attached hydrogen (secondary N) is 1. The summed E-state index contributed by atoms with van der Waals surface area (Å²) in [6, 6.07) is 20.5. The highest BCUT2D eigenvalue weighted by Gasteiger charge is 2.19. The van der Waals surface area contributed by atoms with Gasteiger partial charge in [0, 0.05) is 11.3 Å². The first-order valence-electron chi connectivity index (χ1n) is 9.52. The molecule has 0 spiro atoms. The average Bonchev–Trinajstić information content (AvgIpc) is 3.42. The summed E-state index contributed by atoms with van der Waals surface area (Å²) < 4.78 is 2.75. The second-order valence-corrected chi connectivity index (χ2v) is 8.23. The third-order valence-corrected chi connectivity index (χ3v) is 5.90. The summed E-state index contributed by atoms with van der Waals surface area (Å²) in [6.07, 6.45) is 0. The summed E-state index contributed by atoms with van der Waals surface area (Å²) in [4.78, 5) is 21.9. The lowest BCUT2D eigenvalue weighted by molar-refractivity contribution is 0.102. The van der Waals surface area contributed by atoms with E-state index in [4.69, 9.17) is 11.6 Å². The van der Waals surface area contributed by atoms with E-state index in [9.17, 15) is 4.79 Å². The van der Waals surface area contributed by atoms with Crippen molar-refractivity contribution >= 4 is 44.7 Å². The smallest absolute Gasteiger partial charge is 0.276 e. The zero-order valence-electron chi connectivity index (χ0n) is 16.4. The first-order valence-corrected chi connectivity index (χ1v) is 10.8. The van der Waals surface area contributed by atoms with Gasteiger partial charge >= 0.3 is 0 Å². The third kappa shape index (κ3) is 3.81. The number of thiazole rings is 1. The number of para-hydroxylation sites is 1. The summed E-state index contributed by atoms with van der Waals surface area (Å²) in [5, 5.41) is 7.87. The Morgan fingerprint density at radius 2 is 1.94 bits per heavy atom. The molecule has 1 amide bonds. The lowest BCUT2D eigenvalue weighted by Crippen LogP contribution is -2.13. The van der Waals surface area contributed by atoms with Gasteiger partial charge in [0.25, 0.3) is 5.91 Å². The molecule has 8 heteroatoms. The lowest BCUT2D eigenvalue weighted by atomic mass is 10.1. The maximum atomic E-state index is 13.0. The van der Waals surface area contributed by atoms with E-state index in [0.29, 0.717) is 16.5 Å². The fraction of sp³-hybridized carbons (Fsp3) is 0.0435. The monoisotopic (exact) mass is 445 g/mol. The van der Waals surface area contributed by atoms with Gasteiger partial charge in [-0.2, -0.15) is 5.10 Å². The Hall–Kier alpha value is -3.55. The third-order valence-electron chi connectivity index (χ3n) is 4.78. The highest BCUT2D eigenvalue weighted by atomic mass is 35.5. The van der Waals surface area contributed by atoms with E-state index in [2.05, 4.69) is 20.4 Å². The summed E-state index contributed by atoms with van der Waals surface area (Å²) in [7, 11) is 0. The first kappa shape index (κ1) is 19.4. The molecule has 0 aliphatic heterocycles. The van der Waals surface area contributed by atoms with Gasteiger partial charge in [0.05, 0.1) is 32.1 Å². The van der Waals surface area contributed by atoms with E-state index in [1.54, 1.807) is 34.2 Å². The van der Waals surface area contributed by atoms with E-state index in [1.165, 1.54) is 0 Å². The van der Waals surface area contributed by atoms with Gasteiger partial charge in [0.15, 0.2) is 11.5 Å². The summed E-state index contributed by atoms with van der Waals surface area (Å²) >= 11 is 7.76. The Bertz CT molecular complexity index is 1420. The van der Waals surface area contributed by atoms with Crippen LogP contribution in [-0.4, -0.2) is 25.7 Å². The maximum Gasteiger partial charge on any atom is 0.276 e. The molecule has 2 aromatic carbocycles. The van der Waals surface area contributed by atoms with E-state index in [-0.39, 0.29) is 11.6 Å². The van der Waals surface area contributed by atoms with Gasteiger partial charge in [-0.25, -0.2) is 14.6 Å². The lowest BCUT2D eigenvalue weighted by Gasteiger charge is -2.07. The number of fused-ring (bicyclic) bond motifs is 1. The molecule has 5 rings (SSSR count). The van der Waals surface area contributed by atoms with Gasteiger partial charge in [-0.1, -0.05) is 35.9 Å². The Morgan fingerprint density at radius 3 is 2.77 bits per heavy atom. The predicted octanol–water partition coefficient (Wildman–Crippen LogP) is 5.76. The molecule has 152 valence electrons. The van der Waals surface area contributed by atoms with Crippen LogP contribution in [0.15, 0.2) is 72.2 Å². The van der Waals surface area contributed by atoms with E-state index in [0.717, 1.165) is 27.2 Å². The minimum absolute atomic E-state index is 0.266. The number of amides is 1. The number of hydrogen-bond donors (Lipinski definition) is 1. The summed E-state index contributed by atoms with van der Waals surface area (Å²) in [6.45, 7) is 1.92. The van der Waals surface area contributed by atoms with Gasteiger partial charge in [-0.3, -0.25) is 4.79 Å². The van der Waals surface area contributed by atoms with Crippen LogP contribution in [0.3, 0.4) is 0 Å². The van der Waals surface area contributed by atoms with Crippen molar-refractivity contribution in [3.05, 3.63) is 88.7 Å². The quantitative estimate of drug-likeness (QED) is 0.381. The number of aromatic nitrogens is 4. The number of benzene rings is 2. The Labute approximate surface area is 187 Å². The van der Waals surface area contributed by atoms with E-state index < -0.39 is 0 Å². The zero-order chi connectivity index (χ0) is 21.4. The van der Waals surface area contributed by atoms with Crippen LogP contribution in [0.5, 0.6) is 0 Å². The Morgan fingerprint density at radius 1 is 1.06 bits per heavy atom. The molecule has 3 heterocycles. The van der Waals surface area contributed by atoms with Crippen LogP contribution >= 0.6 is 22.9 Å². The summed E-state index contributed by atoms with van der Waals surface area (Å²) in [5.74, 6) is 0.288. The molecule has 3 aromatic heterocycles. The fourth-order valence-electron chi connectivity index (χ4n) is 3.28. The number of hydrogen-bond acceptors (Lipinski definition) is 5. The molecule has 31 heavy (non-hydrogen) atoms. The largest absolute Gasteiger partial charge is 0.319 e. The van der Waals surface area contributed by atoms with Crippen LogP contribution in [0.2, 0.25) is 5.02 Å². The van der Waals surface area contributed by atoms with Crippen molar-refractivity contribution in [3.63, 3.8) is 0 Å². The number of pyridine rings is 1. The molecule has 0 saturated carbocycles. The van der Waals surface area contributed by atoms with Crippen LogP contribution in [-0.2, 0) is 0 Å². The van der Waals surface area contributed by atoms with Crippen molar-refractivity contribution in [2.45, 2.75) is 6.92 Å². The van der Waals surface area contributed by atoms with Crippen LogP contribution in [0.25, 0.3) is 27.3 Å². The molecule has 0 unspecified atom stereocenters. The molecule has 0 fully saturated rings. The predicted molar refractivity (Wildman–Crippen MR) is 124 cm³/mol. The second kappa shape index (κ2) is 7.94. The highest BCUT2D eigenvalue weighted by molar-refractivity contribution is 7.16. The molecule has 0 aliphatic carbocycles. The van der Waals surface area contributed by atoms with Gasteiger partial charge in [0.1, 0.15) is 0 Å². The molecule has 0 aliphatic rings. The molecular formula is C23H16ClN5OS. The molecule has 0 atom stereocenters. The molecule has 0 saturated heterocycles. The van der Waals surface area contributed by atoms with Crippen molar-refractivity contribution in [1.29, 1.82) is 0 Å². The van der Waals surface area contributed by atoms with Crippen LogP contribution in [0.4, 0.5) is 5.69 Å². The van der Waals surface area contributed by atoms with Gasteiger partial charge in [-0.05, 0) is 49.4 Å². The van der Waals surface area contributed by atoms with Crippen molar-refractivity contribution in [2.24, 2.45) is 0 Å². The molecule has 5 aromatic rings. The van der Waals surface area contributed by atoms with Crippen LogP contribution < -0.4 is 5.32 Å². The van der Waals surface area contributed by atoms with Crippen molar-refractivity contribution in [2.75, 3.05) is 5.32 Å². The number of halogens is 1. The number of carbonyl (C=O) groups is 1. The Balaban J connectivity index is 1.61. The molecule has 0 bridgehead atoms. The molecular weight excluding hydrogens is 430 g/mol. The minimum Gasteiger partial charge on any atom is -0.319 e. The van der Waals surface area contributed by atoms with Crippen LogP contribution in [0.1, 0.15) is 16.2 Å². The highest BCUT2D eigenvalue weighted by Crippen LogP contribution is 2.29. The van der Waals surface area contributed by atoms with Crippen molar-refractivity contribution in [3.8, 4) is 17.1 Å². The standard InChI is InChI=1S/C23H16ClN5OS/c1-14-5-4-8-22(26-14)29-20(15-9-10-18-21(11-15)31-13-25-18)12-19(28-29)23(30)27-17-7-3-2-6-16(17)24/h2-13H,1H3,(H,27,30). The minimum atomic E-state index is -0.348. The number of rotatable bonds is 4. The van der Waals surface area contributed by atoms with Gasteiger partial charge in [-0.15, -0.1) is 11.3 Å². The van der Waals surface area contributed by atoms with Gasteiger partial charge in [0.2, 0.25) is 0 Å². The van der Waals surface area contributed by atoms with E-state index >= 15 is 0 Å². The molecule has 1 N–H and O–H groups in total. The SMILES string of the molecule is Cc1cccc(-n2nc(C(=O)Nc3ccccc3Cl)cc2-c2ccc3ncsc3c2)n1. The second-order valence-electron chi connectivity index (χ2n) is 6.93. The summed E-state index contributed by atoms with van der Waals surface area (Å²) in [5.41, 5.74) is 6.09. The topological polar surface area (TPSA) is 72.7 Å². The van der Waals surface area contributed by atoms with E-state index in [1.807, 2.05) is 61.0 Å². The first-order chi connectivity index (χ1) is 15.1. The van der Waals surface area contributed by atoms with Crippen LogP contribution in [0, 0.1) is 6.92 Å². The molecule has 6 nitrogen and oxygen atoms in total. The Kier molecular flexibility index (Phi) is 4.97. The van der Waals surface area contributed by atoms with Gasteiger partial charge < -0.3 is 5.32 Å². The fourth-order valence-corrected chi connectivity index (χ4v) is 4.18. The number of carbonyl (C=O) groups excluding carboxylic acids is 1. The number of nitrogens with zero attached hydrogens (tertiary/aromatic N) is 4. The number of aryl methyl sites for hydroxylation is 1. The zero-order valence-corrected chi connectivity index (χ0v) is 18.0. The average molecular weight is 446 g/mol.